The summed E-state index contributed by atoms with van der Waals surface area (Å²) in [6.07, 6.45) is 3.33. The number of ketones is 1. The van der Waals surface area contributed by atoms with Gasteiger partial charge in [-0.1, -0.05) is 66.7 Å². The molecule has 4 aromatic carbocycles. The van der Waals surface area contributed by atoms with Crippen LogP contribution in [0.2, 0.25) is 0 Å². The fourth-order valence-corrected chi connectivity index (χ4v) is 3.66. The molecule has 4 rings (SSSR count). The first-order valence-corrected chi connectivity index (χ1v) is 11.0. The Morgan fingerprint density at radius 1 is 0.735 bits per heavy atom. The largest absolute Gasteiger partial charge is 0.496 e. The molecular weight excluding hydrogens is 424 g/mol. The van der Waals surface area contributed by atoms with Crippen molar-refractivity contribution < 1.29 is 19.0 Å². The number of carbonyl (C=O) groups excluding carboxylic acids is 1. The van der Waals surface area contributed by atoms with Gasteiger partial charge in [0.25, 0.3) is 0 Å². The maximum atomic E-state index is 12.6. The molecule has 170 valence electrons. The first kappa shape index (κ1) is 22.9. The van der Waals surface area contributed by atoms with Crippen molar-refractivity contribution in [2.75, 3.05) is 14.2 Å². The highest BCUT2D eigenvalue weighted by Crippen LogP contribution is 2.26. The standard InChI is InChI=1S/C30H26O4/c1-32-29-19-13-22(12-18-28(31)27-10-6-7-11-30(27)33-2)20-25(29)21-34-26-16-14-24(15-17-26)23-8-4-3-5-9-23/h3-20H,21H2,1-2H3/b18-12+. The number of hydrogen-bond donors (Lipinski definition) is 0. The molecule has 0 unspecified atom stereocenters. The summed E-state index contributed by atoms with van der Waals surface area (Å²) >= 11 is 0. The second-order valence-corrected chi connectivity index (χ2v) is 7.65. The van der Waals surface area contributed by atoms with Crippen LogP contribution in [0.15, 0.2) is 103 Å². The Hall–Kier alpha value is -4.31. The van der Waals surface area contributed by atoms with Crippen molar-refractivity contribution in [2.24, 2.45) is 0 Å². The summed E-state index contributed by atoms with van der Waals surface area (Å²) < 4.78 is 16.8. The van der Waals surface area contributed by atoms with Gasteiger partial charge in [0.1, 0.15) is 23.9 Å². The Morgan fingerprint density at radius 3 is 2.15 bits per heavy atom. The summed E-state index contributed by atoms with van der Waals surface area (Å²) in [6.45, 7) is 0.343. The van der Waals surface area contributed by atoms with E-state index in [2.05, 4.69) is 12.1 Å². The van der Waals surface area contributed by atoms with Crippen molar-refractivity contribution >= 4 is 11.9 Å². The quantitative estimate of drug-likeness (QED) is 0.207. The zero-order chi connectivity index (χ0) is 23.8. The molecule has 0 radical (unpaired) electrons. The number of allylic oxidation sites excluding steroid dienone is 1. The van der Waals surface area contributed by atoms with Gasteiger partial charge in [-0.3, -0.25) is 4.79 Å². The van der Waals surface area contributed by atoms with Crippen molar-refractivity contribution in [3.8, 4) is 28.4 Å². The fraction of sp³-hybridized carbons (Fsp3) is 0.100. The Morgan fingerprint density at radius 2 is 1.41 bits per heavy atom. The van der Waals surface area contributed by atoms with Crippen LogP contribution in [0.1, 0.15) is 21.5 Å². The number of rotatable bonds is 9. The molecule has 0 bridgehead atoms. The molecule has 0 aromatic heterocycles. The minimum absolute atomic E-state index is 0.121. The smallest absolute Gasteiger partial charge is 0.189 e. The summed E-state index contributed by atoms with van der Waals surface area (Å²) in [5.74, 6) is 1.94. The molecule has 0 spiro atoms. The van der Waals surface area contributed by atoms with Crippen LogP contribution >= 0.6 is 0 Å². The maximum absolute atomic E-state index is 12.6. The van der Waals surface area contributed by atoms with Crippen LogP contribution in [0.3, 0.4) is 0 Å². The highest BCUT2D eigenvalue weighted by molar-refractivity contribution is 6.08. The fourth-order valence-electron chi connectivity index (χ4n) is 3.66. The van der Waals surface area contributed by atoms with Crippen LogP contribution in [-0.2, 0) is 6.61 Å². The summed E-state index contributed by atoms with van der Waals surface area (Å²) in [7, 11) is 3.19. The molecule has 0 aliphatic heterocycles. The third-order valence-corrected chi connectivity index (χ3v) is 5.46. The summed E-state index contributed by atoms with van der Waals surface area (Å²) in [5, 5.41) is 0. The first-order chi connectivity index (χ1) is 16.7. The van der Waals surface area contributed by atoms with E-state index >= 15 is 0 Å². The topological polar surface area (TPSA) is 44.8 Å². The van der Waals surface area contributed by atoms with E-state index in [9.17, 15) is 4.79 Å². The van der Waals surface area contributed by atoms with Gasteiger partial charge in [-0.25, -0.2) is 0 Å². The van der Waals surface area contributed by atoms with E-state index in [0.29, 0.717) is 17.9 Å². The average molecular weight is 451 g/mol. The number of para-hydroxylation sites is 1. The molecule has 0 atom stereocenters. The van der Waals surface area contributed by atoms with Gasteiger partial charge in [-0.05, 0) is 59.2 Å². The molecule has 34 heavy (non-hydrogen) atoms. The molecule has 0 fully saturated rings. The van der Waals surface area contributed by atoms with Gasteiger partial charge in [0, 0.05) is 5.56 Å². The van der Waals surface area contributed by atoms with E-state index in [0.717, 1.165) is 33.8 Å². The van der Waals surface area contributed by atoms with E-state index in [-0.39, 0.29) is 5.78 Å². The number of hydrogen-bond acceptors (Lipinski definition) is 4. The lowest BCUT2D eigenvalue weighted by Gasteiger charge is -2.12. The van der Waals surface area contributed by atoms with Crippen LogP contribution in [0.25, 0.3) is 17.2 Å². The second-order valence-electron chi connectivity index (χ2n) is 7.65. The third-order valence-electron chi connectivity index (χ3n) is 5.46. The SMILES string of the molecule is COc1ccc(/C=C/C(=O)c2ccccc2OC)cc1COc1ccc(-c2ccccc2)cc1. The van der Waals surface area contributed by atoms with Gasteiger partial charge in [0.05, 0.1) is 19.8 Å². The predicted octanol–water partition coefficient (Wildman–Crippen LogP) is 6.85. The average Bonchev–Trinajstić information content (AvgIpc) is 2.91. The molecular formula is C30H26O4. The van der Waals surface area contributed by atoms with E-state index < -0.39 is 0 Å². The first-order valence-electron chi connectivity index (χ1n) is 11.0. The summed E-state index contributed by atoms with van der Waals surface area (Å²) in [5.41, 5.74) is 4.59. The predicted molar refractivity (Wildman–Crippen MR) is 136 cm³/mol. The van der Waals surface area contributed by atoms with E-state index in [1.165, 1.54) is 0 Å². The Balaban J connectivity index is 1.46. The molecule has 4 nitrogen and oxygen atoms in total. The Kier molecular flexibility index (Phi) is 7.41. The van der Waals surface area contributed by atoms with E-state index in [1.807, 2.05) is 72.8 Å². The number of carbonyl (C=O) groups is 1. The normalized spacial score (nSPS) is 10.8. The van der Waals surface area contributed by atoms with E-state index in [1.54, 1.807) is 38.5 Å². The number of ether oxygens (including phenoxy) is 3. The van der Waals surface area contributed by atoms with Gasteiger partial charge in [0.2, 0.25) is 0 Å². The van der Waals surface area contributed by atoms with Crippen molar-refractivity contribution in [3.63, 3.8) is 0 Å². The minimum Gasteiger partial charge on any atom is -0.496 e. The Labute approximate surface area is 200 Å². The lowest BCUT2D eigenvalue weighted by Crippen LogP contribution is -2.00. The van der Waals surface area contributed by atoms with Gasteiger partial charge < -0.3 is 14.2 Å². The summed E-state index contributed by atoms with van der Waals surface area (Å²) in [4.78, 5) is 12.6. The molecule has 0 saturated carbocycles. The van der Waals surface area contributed by atoms with Crippen molar-refractivity contribution in [1.29, 1.82) is 0 Å². The molecule has 0 aliphatic carbocycles. The highest BCUT2D eigenvalue weighted by atomic mass is 16.5. The highest BCUT2D eigenvalue weighted by Gasteiger charge is 2.09. The van der Waals surface area contributed by atoms with Crippen LogP contribution in [0, 0.1) is 0 Å². The number of methoxy groups -OCH3 is 2. The molecule has 4 heteroatoms. The van der Waals surface area contributed by atoms with Gasteiger partial charge in [-0.2, -0.15) is 0 Å². The minimum atomic E-state index is -0.121. The Bertz CT molecular complexity index is 1270. The lowest BCUT2D eigenvalue weighted by atomic mass is 10.1. The number of benzene rings is 4. The molecule has 0 saturated heterocycles. The van der Waals surface area contributed by atoms with Crippen molar-refractivity contribution in [1.82, 2.24) is 0 Å². The zero-order valence-electron chi connectivity index (χ0n) is 19.2. The zero-order valence-corrected chi connectivity index (χ0v) is 19.2. The van der Waals surface area contributed by atoms with Crippen molar-refractivity contribution in [2.45, 2.75) is 6.61 Å². The van der Waals surface area contributed by atoms with E-state index in [4.69, 9.17) is 14.2 Å². The lowest BCUT2D eigenvalue weighted by molar-refractivity contribution is 0.104. The van der Waals surface area contributed by atoms with Crippen molar-refractivity contribution in [3.05, 3.63) is 120 Å². The molecule has 0 heterocycles. The summed E-state index contributed by atoms with van der Waals surface area (Å²) in [6, 6.07) is 31.2. The van der Waals surface area contributed by atoms with Crippen LogP contribution in [-0.4, -0.2) is 20.0 Å². The van der Waals surface area contributed by atoms with Crippen LogP contribution < -0.4 is 14.2 Å². The van der Waals surface area contributed by atoms with Gasteiger partial charge >= 0.3 is 0 Å². The van der Waals surface area contributed by atoms with Crippen LogP contribution in [0.4, 0.5) is 0 Å². The molecule has 0 aliphatic rings. The van der Waals surface area contributed by atoms with Crippen LogP contribution in [0.5, 0.6) is 17.2 Å². The molecule has 4 aromatic rings. The monoisotopic (exact) mass is 450 g/mol. The second kappa shape index (κ2) is 11.0. The third kappa shape index (κ3) is 5.54. The maximum Gasteiger partial charge on any atom is 0.189 e. The van der Waals surface area contributed by atoms with Gasteiger partial charge in [0.15, 0.2) is 5.78 Å². The molecule has 0 amide bonds. The molecule has 0 N–H and O–H groups in total. The van der Waals surface area contributed by atoms with Gasteiger partial charge in [-0.15, -0.1) is 0 Å².